The van der Waals surface area contributed by atoms with E-state index in [1.807, 2.05) is 25.6 Å². The molecular weight excluding hydrogens is 216 g/mol. The van der Waals surface area contributed by atoms with E-state index >= 15 is 0 Å². The molecule has 0 radical (unpaired) electrons. The molecule has 1 aliphatic rings. The average Bonchev–Trinajstić information content (AvgIpc) is 2.68. The minimum absolute atomic E-state index is 0.311. The number of hydrogen-bond donors (Lipinski definition) is 1. The van der Waals surface area contributed by atoms with Crippen molar-refractivity contribution in [1.29, 1.82) is 0 Å². The second-order valence-electron chi connectivity index (χ2n) is 4.75. The maximum Gasteiger partial charge on any atom is 0.158 e. The highest BCUT2D eigenvalue weighted by atomic mass is 16.5. The summed E-state index contributed by atoms with van der Waals surface area (Å²) in [5, 5.41) is 11.5. The Morgan fingerprint density at radius 2 is 2.12 bits per heavy atom. The third kappa shape index (κ3) is 2.84. The first-order valence-corrected chi connectivity index (χ1v) is 6.36. The molecule has 0 saturated heterocycles. The number of nitrogens with one attached hydrogen (secondary N) is 1. The molecule has 1 N–H and O–H groups in total. The van der Waals surface area contributed by atoms with Gasteiger partial charge in [0.05, 0.1) is 6.10 Å². The van der Waals surface area contributed by atoms with Crippen LogP contribution in [0.2, 0.25) is 0 Å². The fourth-order valence-electron chi connectivity index (χ4n) is 2.38. The first-order chi connectivity index (χ1) is 8.22. The van der Waals surface area contributed by atoms with E-state index in [-0.39, 0.29) is 0 Å². The Labute approximate surface area is 103 Å². The maximum absolute atomic E-state index is 5.98. The Bertz CT molecular complexity index is 363. The van der Waals surface area contributed by atoms with Crippen molar-refractivity contribution in [1.82, 2.24) is 20.1 Å². The second-order valence-corrected chi connectivity index (χ2v) is 4.75. The van der Waals surface area contributed by atoms with Crippen LogP contribution >= 0.6 is 0 Å². The minimum Gasteiger partial charge on any atom is -0.369 e. The van der Waals surface area contributed by atoms with Gasteiger partial charge in [0, 0.05) is 13.1 Å². The van der Waals surface area contributed by atoms with E-state index in [2.05, 4.69) is 15.5 Å². The summed E-state index contributed by atoms with van der Waals surface area (Å²) in [5.41, 5.74) is 0. The van der Waals surface area contributed by atoms with E-state index < -0.39 is 0 Å². The highest BCUT2D eigenvalue weighted by Crippen LogP contribution is 2.21. The predicted molar refractivity (Wildman–Crippen MR) is 65.6 cm³/mol. The van der Waals surface area contributed by atoms with Crippen LogP contribution in [-0.2, 0) is 18.4 Å². The van der Waals surface area contributed by atoms with Gasteiger partial charge >= 0.3 is 0 Å². The molecule has 1 aliphatic carbocycles. The van der Waals surface area contributed by atoms with Crippen molar-refractivity contribution in [3.63, 3.8) is 0 Å². The molecule has 1 aromatic rings. The number of aromatic nitrogens is 3. The van der Waals surface area contributed by atoms with Crippen LogP contribution in [0.3, 0.4) is 0 Å². The normalized spacial score (nSPS) is 25.1. The monoisotopic (exact) mass is 238 g/mol. The summed E-state index contributed by atoms with van der Waals surface area (Å²) < 4.78 is 7.96. The van der Waals surface area contributed by atoms with Gasteiger partial charge in [-0.25, -0.2) is 0 Å². The Kier molecular flexibility index (Phi) is 4.12. The van der Waals surface area contributed by atoms with Gasteiger partial charge in [-0.3, -0.25) is 0 Å². The Hall–Kier alpha value is -0.940. The van der Waals surface area contributed by atoms with Crippen LogP contribution in [0.1, 0.15) is 37.3 Å². The van der Waals surface area contributed by atoms with Crippen molar-refractivity contribution in [2.75, 3.05) is 7.05 Å². The molecule has 0 aliphatic heterocycles. The quantitative estimate of drug-likeness (QED) is 0.855. The lowest BCUT2D eigenvalue weighted by Gasteiger charge is -2.31. The van der Waals surface area contributed by atoms with Gasteiger partial charge in [-0.05, 0) is 26.8 Å². The third-order valence-corrected chi connectivity index (χ3v) is 3.68. The summed E-state index contributed by atoms with van der Waals surface area (Å²) in [4.78, 5) is 0. The summed E-state index contributed by atoms with van der Waals surface area (Å²) in [6.45, 7) is 2.51. The highest BCUT2D eigenvalue weighted by molar-refractivity contribution is 4.91. The number of rotatable bonds is 4. The molecule has 1 saturated carbocycles. The Morgan fingerprint density at radius 1 is 1.35 bits per heavy atom. The van der Waals surface area contributed by atoms with E-state index in [1.54, 1.807) is 0 Å². The van der Waals surface area contributed by atoms with Gasteiger partial charge in [-0.2, -0.15) is 0 Å². The van der Waals surface area contributed by atoms with E-state index in [4.69, 9.17) is 4.74 Å². The molecule has 0 bridgehead atoms. The highest BCUT2D eigenvalue weighted by Gasteiger charge is 2.24. The lowest BCUT2D eigenvalue weighted by atomic mass is 9.92. The van der Waals surface area contributed by atoms with Gasteiger partial charge in [-0.1, -0.05) is 12.8 Å². The van der Waals surface area contributed by atoms with E-state index in [0.29, 0.717) is 18.8 Å². The van der Waals surface area contributed by atoms with Gasteiger partial charge in [-0.15, -0.1) is 10.2 Å². The summed E-state index contributed by atoms with van der Waals surface area (Å²) in [7, 11) is 3.99. The lowest BCUT2D eigenvalue weighted by molar-refractivity contribution is -0.00750. The van der Waals surface area contributed by atoms with Crippen molar-refractivity contribution in [2.45, 2.75) is 51.4 Å². The number of ether oxygens (including phenoxy) is 1. The molecule has 2 rings (SSSR count). The first-order valence-electron chi connectivity index (χ1n) is 6.36. The molecule has 1 aromatic heterocycles. The molecule has 0 aromatic carbocycles. The molecule has 5 nitrogen and oxygen atoms in total. The zero-order chi connectivity index (χ0) is 12.3. The number of aryl methyl sites for hydroxylation is 1. The molecular formula is C12H22N4O. The van der Waals surface area contributed by atoms with Crippen LogP contribution in [0.4, 0.5) is 0 Å². The average molecular weight is 238 g/mol. The third-order valence-electron chi connectivity index (χ3n) is 3.68. The molecule has 2 atom stereocenters. The zero-order valence-corrected chi connectivity index (χ0v) is 10.9. The summed E-state index contributed by atoms with van der Waals surface area (Å²) in [5.74, 6) is 1.83. The first kappa shape index (κ1) is 12.5. The largest absolute Gasteiger partial charge is 0.369 e. The SMILES string of the molecule is CNC1CCCCC1OCc1nnc(C)n1C. The lowest BCUT2D eigenvalue weighted by Crippen LogP contribution is -2.41. The fourth-order valence-corrected chi connectivity index (χ4v) is 2.38. The number of likely N-dealkylation sites (N-methyl/N-ethyl adjacent to an activating group) is 1. The van der Waals surface area contributed by atoms with Crippen LogP contribution in [0.15, 0.2) is 0 Å². The summed E-state index contributed by atoms with van der Waals surface area (Å²) in [6.07, 6.45) is 5.22. The topological polar surface area (TPSA) is 52.0 Å². The van der Waals surface area contributed by atoms with Crippen molar-refractivity contribution < 1.29 is 4.74 Å². The summed E-state index contributed by atoms with van der Waals surface area (Å²) in [6, 6.07) is 0.484. The predicted octanol–water partition coefficient (Wildman–Crippen LogP) is 1.17. The van der Waals surface area contributed by atoms with Crippen molar-refractivity contribution >= 4 is 0 Å². The molecule has 17 heavy (non-hydrogen) atoms. The van der Waals surface area contributed by atoms with E-state index in [1.165, 1.54) is 19.3 Å². The van der Waals surface area contributed by atoms with Gasteiger partial charge in [0.1, 0.15) is 12.4 Å². The zero-order valence-electron chi connectivity index (χ0n) is 10.9. The Balaban J connectivity index is 1.90. The molecule has 1 fully saturated rings. The standard InChI is InChI=1S/C12H22N4O/c1-9-14-15-12(16(9)3)8-17-11-7-5-4-6-10(11)13-2/h10-11,13H,4-8H2,1-3H3. The number of hydrogen-bond acceptors (Lipinski definition) is 4. The van der Waals surface area contributed by atoms with Crippen molar-refractivity contribution in [3.05, 3.63) is 11.6 Å². The minimum atomic E-state index is 0.311. The van der Waals surface area contributed by atoms with E-state index in [9.17, 15) is 0 Å². The smallest absolute Gasteiger partial charge is 0.158 e. The number of nitrogens with zero attached hydrogens (tertiary/aromatic N) is 3. The van der Waals surface area contributed by atoms with Crippen LogP contribution in [0.5, 0.6) is 0 Å². The van der Waals surface area contributed by atoms with Gasteiger partial charge < -0.3 is 14.6 Å². The fraction of sp³-hybridized carbons (Fsp3) is 0.833. The Morgan fingerprint density at radius 3 is 2.76 bits per heavy atom. The van der Waals surface area contributed by atoms with Crippen LogP contribution in [0.25, 0.3) is 0 Å². The maximum atomic E-state index is 5.98. The molecule has 0 spiro atoms. The van der Waals surface area contributed by atoms with Gasteiger partial charge in [0.25, 0.3) is 0 Å². The second kappa shape index (κ2) is 5.60. The van der Waals surface area contributed by atoms with E-state index in [0.717, 1.165) is 18.1 Å². The summed E-state index contributed by atoms with van der Waals surface area (Å²) >= 11 is 0. The molecule has 96 valence electrons. The molecule has 5 heteroatoms. The van der Waals surface area contributed by atoms with Crippen molar-refractivity contribution in [3.8, 4) is 0 Å². The van der Waals surface area contributed by atoms with Gasteiger partial charge in [0.15, 0.2) is 5.82 Å². The van der Waals surface area contributed by atoms with Crippen molar-refractivity contribution in [2.24, 2.45) is 7.05 Å². The molecule has 0 amide bonds. The molecule has 2 unspecified atom stereocenters. The van der Waals surface area contributed by atoms with Crippen LogP contribution < -0.4 is 5.32 Å². The molecule has 1 heterocycles. The van der Waals surface area contributed by atoms with Crippen LogP contribution in [0, 0.1) is 6.92 Å². The van der Waals surface area contributed by atoms with Gasteiger partial charge in [0.2, 0.25) is 0 Å². The van der Waals surface area contributed by atoms with Crippen LogP contribution in [-0.4, -0.2) is 34.0 Å².